The number of rotatable bonds is 3. The molecule has 2 aromatic rings. The molecule has 24 heavy (non-hydrogen) atoms. The van der Waals surface area contributed by atoms with Crippen molar-refractivity contribution in [2.75, 3.05) is 13.1 Å². The number of benzene rings is 1. The van der Waals surface area contributed by atoms with E-state index in [2.05, 4.69) is 20.9 Å². The van der Waals surface area contributed by atoms with Crippen LogP contribution in [0.2, 0.25) is 0 Å². The van der Waals surface area contributed by atoms with Gasteiger partial charge >= 0.3 is 6.18 Å². The lowest BCUT2D eigenvalue weighted by atomic mass is 10.1. The van der Waals surface area contributed by atoms with Crippen molar-refractivity contribution in [3.8, 4) is 5.69 Å². The maximum absolute atomic E-state index is 12.8. The van der Waals surface area contributed by atoms with E-state index in [1.807, 2.05) is 0 Å². The predicted octanol–water partition coefficient (Wildman–Crippen LogP) is 1.77. The first kappa shape index (κ1) is 16.4. The van der Waals surface area contributed by atoms with Gasteiger partial charge in [0, 0.05) is 12.6 Å². The Kier molecular flexibility index (Phi) is 4.52. The minimum absolute atomic E-state index is 0.0185. The normalized spacial score (nSPS) is 18.4. The lowest BCUT2D eigenvalue weighted by Gasteiger charge is -2.23. The first-order chi connectivity index (χ1) is 11.4. The molecule has 1 aliphatic heterocycles. The van der Waals surface area contributed by atoms with Crippen molar-refractivity contribution in [3.05, 3.63) is 41.7 Å². The van der Waals surface area contributed by atoms with Gasteiger partial charge in [-0.25, -0.2) is 4.68 Å². The van der Waals surface area contributed by atoms with Crippen LogP contribution in [-0.4, -0.2) is 40.0 Å². The summed E-state index contributed by atoms with van der Waals surface area (Å²) in [5.41, 5.74) is -0.525. The summed E-state index contributed by atoms with van der Waals surface area (Å²) in [6.45, 7) is 1.62. The van der Waals surface area contributed by atoms with Gasteiger partial charge in [0.2, 0.25) is 0 Å². The first-order valence-electron chi connectivity index (χ1n) is 7.55. The largest absolute Gasteiger partial charge is 0.416 e. The third-order valence-electron chi connectivity index (χ3n) is 3.80. The fraction of sp³-hybridized carbons (Fsp3) is 0.400. The number of halogens is 3. The Bertz CT molecular complexity index is 722. The molecule has 2 heterocycles. The van der Waals surface area contributed by atoms with Crippen molar-refractivity contribution < 1.29 is 18.0 Å². The van der Waals surface area contributed by atoms with Crippen molar-refractivity contribution in [3.63, 3.8) is 0 Å². The number of nitrogens with zero attached hydrogens (tertiary/aromatic N) is 3. The molecule has 2 N–H and O–H groups in total. The highest BCUT2D eigenvalue weighted by atomic mass is 19.4. The fourth-order valence-electron chi connectivity index (χ4n) is 2.55. The van der Waals surface area contributed by atoms with Gasteiger partial charge in [0.15, 0.2) is 5.69 Å². The predicted molar refractivity (Wildman–Crippen MR) is 79.7 cm³/mol. The molecule has 1 aliphatic rings. The zero-order valence-corrected chi connectivity index (χ0v) is 12.7. The number of piperidine rings is 1. The Morgan fingerprint density at radius 2 is 2.21 bits per heavy atom. The molecule has 6 nitrogen and oxygen atoms in total. The van der Waals surface area contributed by atoms with Gasteiger partial charge in [-0.2, -0.15) is 13.2 Å². The zero-order chi connectivity index (χ0) is 17.2. The lowest BCUT2D eigenvalue weighted by molar-refractivity contribution is -0.137. The Morgan fingerprint density at radius 1 is 1.38 bits per heavy atom. The third-order valence-corrected chi connectivity index (χ3v) is 3.80. The second-order valence-corrected chi connectivity index (χ2v) is 5.61. The summed E-state index contributed by atoms with van der Waals surface area (Å²) >= 11 is 0. The number of carbonyl (C=O) groups excluding carboxylic acids is 1. The Morgan fingerprint density at radius 3 is 2.92 bits per heavy atom. The molecule has 0 saturated carbocycles. The second-order valence-electron chi connectivity index (χ2n) is 5.61. The van der Waals surface area contributed by atoms with Crippen molar-refractivity contribution >= 4 is 5.91 Å². The molecule has 3 rings (SSSR count). The highest BCUT2D eigenvalue weighted by molar-refractivity contribution is 5.92. The van der Waals surface area contributed by atoms with Crippen molar-refractivity contribution in [2.45, 2.75) is 25.1 Å². The molecule has 1 aromatic heterocycles. The molecule has 1 amide bonds. The maximum atomic E-state index is 12.8. The number of alkyl halides is 3. The molecule has 1 aromatic carbocycles. The van der Waals surface area contributed by atoms with Crippen LogP contribution < -0.4 is 10.6 Å². The van der Waals surface area contributed by atoms with E-state index in [0.717, 1.165) is 36.2 Å². The van der Waals surface area contributed by atoms with Gasteiger partial charge < -0.3 is 10.6 Å². The molecular weight excluding hydrogens is 323 g/mol. The summed E-state index contributed by atoms with van der Waals surface area (Å²) < 4.78 is 39.4. The number of nitrogens with one attached hydrogen (secondary N) is 2. The van der Waals surface area contributed by atoms with Crippen LogP contribution in [0.4, 0.5) is 13.2 Å². The van der Waals surface area contributed by atoms with Crippen molar-refractivity contribution in [1.29, 1.82) is 0 Å². The van der Waals surface area contributed by atoms with Crippen molar-refractivity contribution in [2.24, 2.45) is 0 Å². The van der Waals surface area contributed by atoms with Crippen LogP contribution in [-0.2, 0) is 6.18 Å². The van der Waals surface area contributed by atoms with E-state index in [4.69, 9.17) is 0 Å². The number of hydrogen-bond donors (Lipinski definition) is 2. The minimum Gasteiger partial charge on any atom is -0.347 e. The van der Waals surface area contributed by atoms with Crippen LogP contribution >= 0.6 is 0 Å². The fourth-order valence-corrected chi connectivity index (χ4v) is 2.55. The second kappa shape index (κ2) is 6.60. The molecule has 0 spiro atoms. The summed E-state index contributed by atoms with van der Waals surface area (Å²) in [7, 11) is 0. The number of aromatic nitrogens is 3. The van der Waals surface area contributed by atoms with Crippen LogP contribution in [0.3, 0.4) is 0 Å². The quantitative estimate of drug-likeness (QED) is 0.894. The van der Waals surface area contributed by atoms with Crippen LogP contribution in [0, 0.1) is 0 Å². The molecule has 0 aliphatic carbocycles. The average molecular weight is 339 g/mol. The van der Waals surface area contributed by atoms with E-state index in [1.54, 1.807) is 0 Å². The van der Waals surface area contributed by atoms with Gasteiger partial charge in [0.1, 0.15) is 0 Å². The molecule has 1 fully saturated rings. The number of hydrogen-bond acceptors (Lipinski definition) is 4. The monoisotopic (exact) mass is 339 g/mol. The van der Waals surface area contributed by atoms with E-state index in [1.165, 1.54) is 18.3 Å². The molecule has 0 unspecified atom stereocenters. The molecule has 128 valence electrons. The topological polar surface area (TPSA) is 71.8 Å². The molecule has 9 heteroatoms. The highest BCUT2D eigenvalue weighted by Crippen LogP contribution is 2.30. The summed E-state index contributed by atoms with van der Waals surface area (Å²) in [5, 5.41) is 13.5. The number of amides is 1. The van der Waals surface area contributed by atoms with Crippen LogP contribution in [0.5, 0.6) is 0 Å². The molecule has 1 saturated heterocycles. The SMILES string of the molecule is O=C(N[C@H]1CCCNC1)c1cn(-c2cccc(C(F)(F)F)c2)nn1. The summed E-state index contributed by atoms with van der Waals surface area (Å²) in [5.74, 6) is -0.387. The summed E-state index contributed by atoms with van der Waals surface area (Å²) in [6.07, 6.45) is -1.27. The molecule has 0 radical (unpaired) electrons. The van der Waals surface area contributed by atoms with Gasteiger partial charge in [-0.05, 0) is 37.6 Å². The standard InChI is InChI=1S/C15H16F3N5O/c16-15(17,18)10-3-1-5-12(7-10)23-9-13(21-22-23)14(24)20-11-4-2-6-19-8-11/h1,3,5,7,9,11,19H,2,4,6,8H2,(H,20,24)/t11-/m0/s1. The van der Waals surface area contributed by atoms with E-state index >= 15 is 0 Å². The van der Waals surface area contributed by atoms with E-state index in [9.17, 15) is 18.0 Å². The Hall–Kier alpha value is -2.42. The Labute approximate surface area is 136 Å². The smallest absolute Gasteiger partial charge is 0.347 e. The van der Waals surface area contributed by atoms with Crippen LogP contribution in [0.25, 0.3) is 5.69 Å². The molecule has 1 atom stereocenters. The summed E-state index contributed by atoms with van der Waals surface area (Å²) in [6, 6.07) is 4.71. The van der Waals surface area contributed by atoms with Gasteiger partial charge in [0.05, 0.1) is 17.4 Å². The van der Waals surface area contributed by atoms with Gasteiger partial charge in [0.25, 0.3) is 5.91 Å². The summed E-state index contributed by atoms with van der Waals surface area (Å²) in [4.78, 5) is 12.1. The Balaban J connectivity index is 1.74. The zero-order valence-electron chi connectivity index (χ0n) is 12.7. The highest BCUT2D eigenvalue weighted by Gasteiger charge is 2.30. The molecular formula is C15H16F3N5O. The van der Waals surface area contributed by atoms with Crippen LogP contribution in [0.15, 0.2) is 30.5 Å². The van der Waals surface area contributed by atoms with Crippen LogP contribution in [0.1, 0.15) is 28.9 Å². The van der Waals surface area contributed by atoms with Gasteiger partial charge in [-0.15, -0.1) is 5.10 Å². The van der Waals surface area contributed by atoms with Gasteiger partial charge in [-0.3, -0.25) is 4.79 Å². The average Bonchev–Trinajstić information content (AvgIpc) is 3.05. The lowest BCUT2D eigenvalue weighted by Crippen LogP contribution is -2.45. The minimum atomic E-state index is -4.44. The van der Waals surface area contributed by atoms with Gasteiger partial charge in [-0.1, -0.05) is 11.3 Å². The first-order valence-corrected chi connectivity index (χ1v) is 7.55. The van der Waals surface area contributed by atoms with E-state index < -0.39 is 11.7 Å². The molecule has 0 bridgehead atoms. The number of carbonyl (C=O) groups is 1. The van der Waals surface area contributed by atoms with Crippen molar-refractivity contribution in [1.82, 2.24) is 25.6 Å². The van der Waals surface area contributed by atoms with E-state index in [0.29, 0.717) is 6.54 Å². The van der Waals surface area contributed by atoms with E-state index in [-0.39, 0.29) is 23.3 Å². The maximum Gasteiger partial charge on any atom is 0.416 e. The third kappa shape index (κ3) is 3.73.